The number of halogens is 1. The van der Waals surface area contributed by atoms with Gasteiger partial charge in [-0.05, 0) is 74.5 Å². The maximum Gasteiger partial charge on any atom is 0.226 e. The summed E-state index contributed by atoms with van der Waals surface area (Å²) in [6, 6.07) is 18.5. The number of aryl methyl sites for hydroxylation is 1. The molecule has 1 atom stereocenters. The molecular formula is C23H29ClN2O. The minimum absolute atomic E-state index is 0.209. The Morgan fingerprint density at radius 3 is 2.41 bits per heavy atom. The highest BCUT2D eigenvalue weighted by molar-refractivity contribution is 6.30. The Balaban J connectivity index is 1.86. The van der Waals surface area contributed by atoms with Crippen molar-refractivity contribution >= 4 is 23.2 Å². The Morgan fingerprint density at radius 2 is 1.78 bits per heavy atom. The Bertz CT molecular complexity index is 711. The molecule has 1 aliphatic heterocycles. The lowest BCUT2D eigenvalue weighted by Gasteiger charge is -2.39. The van der Waals surface area contributed by atoms with Crippen molar-refractivity contribution in [2.24, 2.45) is 5.92 Å². The number of hydrogen-bond donors (Lipinski definition) is 1. The molecule has 0 bridgehead atoms. The molecule has 27 heavy (non-hydrogen) atoms. The molecule has 3 rings (SSSR count). The summed E-state index contributed by atoms with van der Waals surface area (Å²) in [5.41, 5.74) is 2.29. The van der Waals surface area contributed by atoms with E-state index in [9.17, 15) is 4.79 Å². The molecule has 1 unspecified atom stereocenters. The predicted molar refractivity (Wildman–Crippen MR) is 113 cm³/mol. The first-order valence-electron chi connectivity index (χ1n) is 10.0. The Hall–Kier alpha value is -1.84. The number of nitrogens with one attached hydrogen (secondary N) is 1. The van der Waals surface area contributed by atoms with Crippen LogP contribution in [-0.2, 0) is 11.2 Å². The number of carbonyl (C=O) groups is 1. The van der Waals surface area contributed by atoms with Crippen LogP contribution in [0.5, 0.6) is 0 Å². The third-order valence-electron chi connectivity index (χ3n) is 5.51. The SMILES string of the molecule is CCC(=O)N(c1ccccc1)C(CCc1ccc(Cl)cc1)C1CCNCC1. The Kier molecular flexibility index (Phi) is 7.31. The average molecular weight is 385 g/mol. The molecule has 0 aromatic heterocycles. The molecule has 2 aromatic carbocycles. The van der Waals surface area contributed by atoms with E-state index in [1.165, 1.54) is 5.56 Å². The molecule has 2 aromatic rings. The van der Waals surface area contributed by atoms with Crippen LogP contribution in [-0.4, -0.2) is 25.0 Å². The summed E-state index contributed by atoms with van der Waals surface area (Å²) in [7, 11) is 0. The molecule has 4 heteroatoms. The van der Waals surface area contributed by atoms with Crippen molar-refractivity contribution in [1.82, 2.24) is 5.32 Å². The lowest BCUT2D eigenvalue weighted by molar-refractivity contribution is -0.119. The minimum Gasteiger partial charge on any atom is -0.317 e. The summed E-state index contributed by atoms with van der Waals surface area (Å²) in [6.45, 7) is 4.02. The first-order valence-corrected chi connectivity index (χ1v) is 10.4. The van der Waals surface area contributed by atoms with Crippen molar-refractivity contribution in [3.8, 4) is 0 Å². The smallest absolute Gasteiger partial charge is 0.226 e. The molecule has 3 nitrogen and oxygen atoms in total. The second-order valence-electron chi connectivity index (χ2n) is 7.27. The number of rotatable bonds is 7. The van der Waals surface area contributed by atoms with Gasteiger partial charge in [-0.15, -0.1) is 0 Å². The van der Waals surface area contributed by atoms with Gasteiger partial charge in [-0.3, -0.25) is 4.79 Å². The summed E-state index contributed by atoms with van der Waals surface area (Å²) in [5.74, 6) is 0.732. The van der Waals surface area contributed by atoms with Gasteiger partial charge >= 0.3 is 0 Å². The van der Waals surface area contributed by atoms with E-state index >= 15 is 0 Å². The second kappa shape index (κ2) is 9.91. The Morgan fingerprint density at radius 1 is 1.11 bits per heavy atom. The van der Waals surface area contributed by atoms with Gasteiger partial charge in [0.05, 0.1) is 0 Å². The van der Waals surface area contributed by atoms with Crippen LogP contribution in [0.4, 0.5) is 5.69 Å². The van der Waals surface area contributed by atoms with Crippen LogP contribution in [0.2, 0.25) is 5.02 Å². The standard InChI is InChI=1S/C23H29ClN2O/c1-2-23(27)26(21-6-4-3-5-7-21)22(19-14-16-25-17-15-19)13-10-18-8-11-20(24)12-9-18/h3-9,11-12,19,22,25H,2,10,13-17H2,1H3. The van der Waals surface area contributed by atoms with Crippen LogP contribution in [0.25, 0.3) is 0 Å². The van der Waals surface area contributed by atoms with E-state index in [0.29, 0.717) is 12.3 Å². The van der Waals surface area contributed by atoms with Crippen molar-refractivity contribution in [3.05, 3.63) is 65.2 Å². The molecule has 1 N–H and O–H groups in total. The van der Waals surface area contributed by atoms with E-state index in [1.54, 1.807) is 0 Å². The molecule has 1 fully saturated rings. The normalized spacial score (nSPS) is 16.1. The zero-order chi connectivity index (χ0) is 19.1. The van der Waals surface area contributed by atoms with Gasteiger partial charge in [0.1, 0.15) is 0 Å². The molecule has 1 heterocycles. The molecule has 0 spiro atoms. The van der Waals surface area contributed by atoms with Crippen molar-refractivity contribution < 1.29 is 4.79 Å². The van der Waals surface area contributed by atoms with Crippen molar-refractivity contribution in [2.45, 2.75) is 45.1 Å². The van der Waals surface area contributed by atoms with Crippen molar-refractivity contribution in [2.75, 3.05) is 18.0 Å². The van der Waals surface area contributed by atoms with Gasteiger partial charge < -0.3 is 10.2 Å². The Labute approximate surface area is 167 Å². The van der Waals surface area contributed by atoms with Crippen LogP contribution < -0.4 is 10.2 Å². The van der Waals surface area contributed by atoms with Crippen LogP contribution in [0.15, 0.2) is 54.6 Å². The van der Waals surface area contributed by atoms with E-state index in [-0.39, 0.29) is 11.9 Å². The summed E-state index contributed by atoms with van der Waals surface area (Å²) < 4.78 is 0. The molecule has 144 valence electrons. The highest BCUT2D eigenvalue weighted by atomic mass is 35.5. The zero-order valence-electron chi connectivity index (χ0n) is 16.0. The maximum atomic E-state index is 12.9. The van der Waals surface area contributed by atoms with Crippen LogP contribution in [0.3, 0.4) is 0 Å². The number of nitrogens with zero attached hydrogens (tertiary/aromatic N) is 1. The lowest BCUT2D eigenvalue weighted by atomic mass is 9.85. The fourth-order valence-electron chi connectivity index (χ4n) is 4.05. The molecule has 1 aliphatic rings. The number of benzene rings is 2. The predicted octanol–water partition coefficient (Wildman–Crippen LogP) is 5.08. The number of hydrogen-bond acceptors (Lipinski definition) is 2. The maximum absolute atomic E-state index is 12.9. The number of carbonyl (C=O) groups excluding carboxylic acids is 1. The highest BCUT2D eigenvalue weighted by Gasteiger charge is 2.31. The van der Waals surface area contributed by atoms with Gasteiger partial charge in [0.2, 0.25) is 5.91 Å². The van der Waals surface area contributed by atoms with Gasteiger partial charge in [0.25, 0.3) is 0 Å². The molecule has 1 saturated heterocycles. The van der Waals surface area contributed by atoms with Gasteiger partial charge in [0.15, 0.2) is 0 Å². The monoisotopic (exact) mass is 384 g/mol. The summed E-state index contributed by atoms with van der Waals surface area (Å²) >= 11 is 6.03. The van der Waals surface area contributed by atoms with Crippen LogP contribution in [0, 0.1) is 5.92 Å². The summed E-state index contributed by atoms with van der Waals surface area (Å²) in [6.07, 6.45) is 4.67. The average Bonchev–Trinajstić information content (AvgIpc) is 2.73. The quantitative estimate of drug-likeness (QED) is 0.721. The zero-order valence-corrected chi connectivity index (χ0v) is 16.8. The highest BCUT2D eigenvalue weighted by Crippen LogP contribution is 2.30. The largest absolute Gasteiger partial charge is 0.317 e. The molecule has 1 amide bonds. The summed E-state index contributed by atoms with van der Waals surface area (Å²) in [4.78, 5) is 15.0. The van der Waals surface area contributed by atoms with Gasteiger partial charge in [0, 0.05) is 23.2 Å². The third-order valence-corrected chi connectivity index (χ3v) is 5.76. The number of piperidine rings is 1. The topological polar surface area (TPSA) is 32.3 Å². The number of para-hydroxylation sites is 1. The van der Waals surface area contributed by atoms with Crippen molar-refractivity contribution in [3.63, 3.8) is 0 Å². The summed E-state index contributed by atoms with van der Waals surface area (Å²) in [5, 5.41) is 4.22. The third kappa shape index (κ3) is 5.33. The minimum atomic E-state index is 0.209. The number of amides is 1. The molecular weight excluding hydrogens is 356 g/mol. The molecule has 0 saturated carbocycles. The van der Waals surface area contributed by atoms with Crippen LogP contribution >= 0.6 is 11.6 Å². The van der Waals surface area contributed by atoms with Crippen molar-refractivity contribution in [1.29, 1.82) is 0 Å². The first-order chi connectivity index (χ1) is 13.2. The fourth-order valence-corrected chi connectivity index (χ4v) is 4.18. The van der Waals surface area contributed by atoms with E-state index in [2.05, 4.69) is 34.5 Å². The first kappa shape index (κ1) is 19.9. The van der Waals surface area contributed by atoms with Gasteiger partial charge in [-0.25, -0.2) is 0 Å². The second-order valence-corrected chi connectivity index (χ2v) is 7.71. The van der Waals surface area contributed by atoms with Gasteiger partial charge in [-0.2, -0.15) is 0 Å². The van der Waals surface area contributed by atoms with E-state index in [1.807, 2.05) is 37.3 Å². The van der Waals surface area contributed by atoms with E-state index in [4.69, 9.17) is 11.6 Å². The van der Waals surface area contributed by atoms with E-state index in [0.717, 1.165) is 49.5 Å². The number of anilines is 1. The molecule has 0 radical (unpaired) electrons. The lowest BCUT2D eigenvalue weighted by Crippen LogP contribution is -2.48. The molecule has 0 aliphatic carbocycles. The van der Waals surface area contributed by atoms with Gasteiger partial charge in [-0.1, -0.05) is 48.9 Å². The van der Waals surface area contributed by atoms with Crippen LogP contribution in [0.1, 0.15) is 38.2 Å². The fraction of sp³-hybridized carbons (Fsp3) is 0.435. The van der Waals surface area contributed by atoms with E-state index < -0.39 is 0 Å².